The van der Waals surface area contributed by atoms with Crippen molar-refractivity contribution in [3.63, 3.8) is 0 Å². The third kappa shape index (κ3) is 3.58. The Labute approximate surface area is 151 Å². The van der Waals surface area contributed by atoms with Crippen LogP contribution in [0.1, 0.15) is 11.3 Å². The van der Waals surface area contributed by atoms with Gasteiger partial charge in [0.1, 0.15) is 17.2 Å². The maximum Gasteiger partial charge on any atom is 0.433 e. The van der Waals surface area contributed by atoms with Gasteiger partial charge in [0.15, 0.2) is 0 Å². The molecule has 0 atom stereocenters. The second-order valence-electron chi connectivity index (χ2n) is 5.83. The van der Waals surface area contributed by atoms with Gasteiger partial charge in [0.25, 0.3) is 0 Å². The van der Waals surface area contributed by atoms with Crippen LogP contribution >= 0.6 is 0 Å². The van der Waals surface area contributed by atoms with Crippen LogP contribution in [0.4, 0.5) is 17.6 Å². The summed E-state index contributed by atoms with van der Waals surface area (Å²) < 4.78 is 78.1. The molecule has 0 unspecified atom stereocenters. The molecule has 0 radical (unpaired) electrons. The number of halogens is 4. The van der Waals surface area contributed by atoms with Crippen molar-refractivity contribution in [3.05, 3.63) is 59.5 Å². The summed E-state index contributed by atoms with van der Waals surface area (Å²) in [6, 6.07) is 8.83. The predicted molar refractivity (Wildman–Crippen MR) is 90.5 cm³/mol. The van der Waals surface area contributed by atoms with Crippen LogP contribution in [0.5, 0.6) is 0 Å². The molecule has 5 nitrogen and oxygen atoms in total. The Morgan fingerprint density at radius 2 is 1.78 bits per heavy atom. The summed E-state index contributed by atoms with van der Waals surface area (Å²) in [5.41, 5.74) is -1.94. The van der Waals surface area contributed by atoms with Gasteiger partial charge in [-0.25, -0.2) is 17.9 Å². The lowest BCUT2D eigenvalue weighted by Crippen LogP contribution is -2.13. The van der Waals surface area contributed by atoms with E-state index in [0.717, 1.165) is 12.1 Å². The summed E-state index contributed by atoms with van der Waals surface area (Å²) in [5.74, 6) is -0.701. The molecule has 0 saturated carbocycles. The standard InChI is InChI=1S/C17H13F4N3O2S/c1-9-6-7-10(8-12(9)18)14-15(23-24-16(14)17(19,20)21)11-4-2-3-5-13(11)27(22,25)26/h2-8H,1H3,(H,23,24)(H2,22,25,26). The Hall–Kier alpha value is -2.72. The van der Waals surface area contributed by atoms with Crippen LogP contribution in [0, 0.1) is 12.7 Å². The van der Waals surface area contributed by atoms with Crippen molar-refractivity contribution in [2.24, 2.45) is 5.14 Å². The number of nitrogens with one attached hydrogen (secondary N) is 1. The van der Waals surface area contributed by atoms with E-state index in [0.29, 0.717) is 0 Å². The van der Waals surface area contributed by atoms with E-state index in [9.17, 15) is 26.0 Å². The highest BCUT2D eigenvalue weighted by molar-refractivity contribution is 7.89. The van der Waals surface area contributed by atoms with Crippen LogP contribution in [0.15, 0.2) is 47.4 Å². The van der Waals surface area contributed by atoms with Gasteiger partial charge in [-0.15, -0.1) is 0 Å². The molecule has 3 N–H and O–H groups in total. The van der Waals surface area contributed by atoms with Gasteiger partial charge >= 0.3 is 6.18 Å². The number of aryl methyl sites for hydroxylation is 1. The fourth-order valence-electron chi connectivity index (χ4n) is 2.68. The molecule has 0 saturated heterocycles. The number of sulfonamides is 1. The average Bonchev–Trinajstić information content (AvgIpc) is 3.02. The van der Waals surface area contributed by atoms with Gasteiger partial charge in [0, 0.05) is 11.1 Å². The van der Waals surface area contributed by atoms with E-state index in [1.54, 1.807) is 0 Å². The number of hydrogen-bond acceptors (Lipinski definition) is 3. The van der Waals surface area contributed by atoms with E-state index in [-0.39, 0.29) is 27.3 Å². The zero-order chi connectivity index (χ0) is 20.0. The maximum absolute atomic E-state index is 14.0. The molecule has 2 aromatic carbocycles. The molecule has 3 rings (SSSR count). The van der Waals surface area contributed by atoms with Crippen LogP contribution < -0.4 is 5.14 Å². The van der Waals surface area contributed by atoms with Crippen molar-refractivity contribution in [3.8, 4) is 22.4 Å². The zero-order valence-electron chi connectivity index (χ0n) is 13.8. The monoisotopic (exact) mass is 399 g/mol. The molecular weight excluding hydrogens is 386 g/mol. The van der Waals surface area contributed by atoms with E-state index in [2.05, 4.69) is 5.10 Å². The van der Waals surface area contributed by atoms with E-state index < -0.39 is 33.3 Å². The molecule has 1 heterocycles. The first-order valence-electron chi connectivity index (χ1n) is 7.54. The lowest BCUT2D eigenvalue weighted by molar-refractivity contribution is -0.140. The molecule has 0 aliphatic rings. The van der Waals surface area contributed by atoms with Crippen molar-refractivity contribution >= 4 is 10.0 Å². The largest absolute Gasteiger partial charge is 0.433 e. The van der Waals surface area contributed by atoms with Crippen LogP contribution in [0.2, 0.25) is 0 Å². The number of H-pyrrole nitrogens is 1. The lowest BCUT2D eigenvalue weighted by atomic mass is 9.97. The number of nitrogens with zero attached hydrogens (tertiary/aromatic N) is 1. The zero-order valence-corrected chi connectivity index (χ0v) is 14.6. The molecule has 1 aromatic heterocycles. The molecule has 0 spiro atoms. The van der Waals surface area contributed by atoms with Crippen molar-refractivity contribution in [2.75, 3.05) is 0 Å². The van der Waals surface area contributed by atoms with Gasteiger partial charge in [-0.2, -0.15) is 18.3 Å². The first kappa shape index (κ1) is 19.1. The Bertz CT molecular complexity index is 1120. The van der Waals surface area contributed by atoms with Crippen LogP contribution in [0.25, 0.3) is 22.4 Å². The molecule has 0 fully saturated rings. The molecule has 142 valence electrons. The maximum atomic E-state index is 14.0. The number of aromatic nitrogens is 2. The molecule has 0 bridgehead atoms. The first-order chi connectivity index (χ1) is 12.5. The average molecular weight is 399 g/mol. The first-order valence-corrected chi connectivity index (χ1v) is 9.09. The predicted octanol–water partition coefficient (Wildman–Crippen LogP) is 3.86. The van der Waals surface area contributed by atoms with E-state index >= 15 is 0 Å². The van der Waals surface area contributed by atoms with Gasteiger partial charge in [-0.05, 0) is 30.2 Å². The Morgan fingerprint density at radius 1 is 1.11 bits per heavy atom. The number of hydrogen-bond donors (Lipinski definition) is 2. The number of rotatable bonds is 3. The topological polar surface area (TPSA) is 88.8 Å². The summed E-state index contributed by atoms with van der Waals surface area (Å²) in [6.45, 7) is 1.47. The third-order valence-electron chi connectivity index (χ3n) is 3.96. The van der Waals surface area contributed by atoms with Gasteiger partial charge in [-0.1, -0.05) is 30.3 Å². The van der Waals surface area contributed by atoms with Crippen molar-refractivity contribution in [1.82, 2.24) is 10.2 Å². The van der Waals surface area contributed by atoms with Gasteiger partial charge in [-0.3, -0.25) is 5.10 Å². The second kappa shape index (κ2) is 6.46. The van der Waals surface area contributed by atoms with Crippen molar-refractivity contribution in [1.29, 1.82) is 0 Å². The number of aromatic amines is 1. The van der Waals surface area contributed by atoms with Crippen LogP contribution in [0.3, 0.4) is 0 Å². The molecular formula is C17H13F4N3O2S. The molecule has 0 aliphatic carbocycles. The lowest BCUT2D eigenvalue weighted by Gasteiger charge is -2.11. The Morgan fingerprint density at radius 3 is 2.37 bits per heavy atom. The quantitative estimate of drug-likeness (QED) is 0.656. The minimum Gasteiger partial charge on any atom is -0.272 e. The summed E-state index contributed by atoms with van der Waals surface area (Å²) in [5, 5.41) is 10.7. The molecule has 10 heteroatoms. The smallest absolute Gasteiger partial charge is 0.272 e. The molecule has 3 aromatic rings. The highest BCUT2D eigenvalue weighted by atomic mass is 32.2. The Balaban J connectivity index is 2.37. The molecule has 0 aliphatic heterocycles. The second-order valence-corrected chi connectivity index (χ2v) is 7.35. The van der Waals surface area contributed by atoms with Gasteiger partial charge < -0.3 is 0 Å². The minimum absolute atomic E-state index is 0.0987. The van der Waals surface area contributed by atoms with Crippen molar-refractivity contribution < 1.29 is 26.0 Å². The minimum atomic E-state index is -4.82. The number of alkyl halides is 3. The fourth-order valence-corrected chi connectivity index (χ4v) is 3.42. The van der Waals surface area contributed by atoms with Crippen LogP contribution in [-0.2, 0) is 16.2 Å². The SMILES string of the molecule is Cc1ccc(-c2c(-c3ccccc3S(N)(=O)=O)n[nH]c2C(F)(F)F)cc1F. The van der Waals surface area contributed by atoms with Gasteiger partial charge in [0.05, 0.1) is 4.90 Å². The Kier molecular flexibility index (Phi) is 4.56. The summed E-state index contributed by atoms with van der Waals surface area (Å²) in [7, 11) is -4.23. The fraction of sp³-hybridized carbons (Fsp3) is 0.118. The number of primary sulfonamides is 1. The highest BCUT2D eigenvalue weighted by Gasteiger charge is 2.38. The highest BCUT2D eigenvalue weighted by Crippen LogP contribution is 2.42. The summed E-state index contributed by atoms with van der Waals surface area (Å²) in [4.78, 5) is -0.390. The van der Waals surface area contributed by atoms with Gasteiger partial charge in [0.2, 0.25) is 10.0 Å². The van der Waals surface area contributed by atoms with Crippen molar-refractivity contribution in [2.45, 2.75) is 18.0 Å². The number of benzene rings is 2. The summed E-state index contributed by atoms with van der Waals surface area (Å²) in [6.07, 6.45) is -4.82. The number of nitrogens with two attached hydrogens (primary N) is 1. The van der Waals surface area contributed by atoms with E-state index in [1.165, 1.54) is 37.3 Å². The normalized spacial score (nSPS) is 12.4. The summed E-state index contributed by atoms with van der Waals surface area (Å²) >= 11 is 0. The van der Waals surface area contributed by atoms with E-state index in [4.69, 9.17) is 5.14 Å². The molecule has 27 heavy (non-hydrogen) atoms. The van der Waals surface area contributed by atoms with Crippen LogP contribution in [-0.4, -0.2) is 18.6 Å². The third-order valence-corrected chi connectivity index (χ3v) is 4.93. The molecule has 0 amide bonds. The van der Waals surface area contributed by atoms with E-state index in [1.807, 2.05) is 5.10 Å².